The summed E-state index contributed by atoms with van der Waals surface area (Å²) in [6, 6.07) is 16.5. The van der Waals surface area contributed by atoms with Gasteiger partial charge in [-0.1, -0.05) is 30.3 Å². The van der Waals surface area contributed by atoms with Crippen molar-refractivity contribution in [3.63, 3.8) is 0 Å². The third-order valence-corrected chi connectivity index (χ3v) is 3.71. The van der Waals surface area contributed by atoms with Gasteiger partial charge >= 0.3 is 11.9 Å². The van der Waals surface area contributed by atoms with Gasteiger partial charge in [0, 0.05) is 6.42 Å². The van der Waals surface area contributed by atoms with Crippen LogP contribution in [0.4, 0.5) is 0 Å². The lowest BCUT2D eigenvalue weighted by atomic mass is 10.2. The van der Waals surface area contributed by atoms with Gasteiger partial charge in [0.25, 0.3) is 0 Å². The normalized spacial score (nSPS) is 19.6. The van der Waals surface area contributed by atoms with Crippen molar-refractivity contribution in [3.05, 3.63) is 65.7 Å². The molecule has 124 valence electrons. The van der Waals surface area contributed by atoms with Crippen LogP contribution in [0.1, 0.15) is 29.3 Å². The molecule has 0 aliphatic carbocycles. The van der Waals surface area contributed by atoms with Gasteiger partial charge in [0.05, 0.1) is 5.56 Å². The second-order valence-corrected chi connectivity index (χ2v) is 5.68. The zero-order chi connectivity index (χ0) is 16.9. The van der Waals surface area contributed by atoms with Crippen molar-refractivity contribution in [1.82, 2.24) is 0 Å². The van der Waals surface area contributed by atoms with Crippen LogP contribution in [0.2, 0.25) is 0 Å². The van der Waals surface area contributed by atoms with E-state index in [0.29, 0.717) is 24.3 Å². The Hall–Kier alpha value is -2.82. The molecule has 1 aliphatic rings. The lowest BCUT2D eigenvalue weighted by Crippen LogP contribution is -2.22. The van der Waals surface area contributed by atoms with Gasteiger partial charge in [-0.05, 0) is 36.8 Å². The van der Waals surface area contributed by atoms with Crippen LogP contribution < -0.4 is 4.74 Å². The standard InChI is InChI=1S/C19H18O5/c1-13-11-17(19(21)23-13)24-18(20)15-7-9-16(10-8-15)22-12-14-5-3-2-4-6-14/h2-10,13,17H,11-12H2,1H3/t13-,17+/m1/s1. The van der Waals surface area contributed by atoms with Crippen LogP contribution in [0.3, 0.4) is 0 Å². The first-order valence-electron chi connectivity index (χ1n) is 7.80. The van der Waals surface area contributed by atoms with Crippen LogP contribution in [0.15, 0.2) is 54.6 Å². The van der Waals surface area contributed by atoms with Gasteiger partial charge in [0.15, 0.2) is 0 Å². The summed E-state index contributed by atoms with van der Waals surface area (Å²) in [4.78, 5) is 23.6. The zero-order valence-corrected chi connectivity index (χ0v) is 13.3. The Morgan fingerprint density at radius 3 is 2.46 bits per heavy atom. The topological polar surface area (TPSA) is 61.8 Å². The molecule has 3 rings (SSSR count). The molecule has 0 amide bonds. The minimum absolute atomic E-state index is 0.218. The fourth-order valence-corrected chi connectivity index (χ4v) is 2.44. The first-order valence-corrected chi connectivity index (χ1v) is 7.80. The van der Waals surface area contributed by atoms with Crippen LogP contribution in [0.25, 0.3) is 0 Å². The number of carbonyl (C=O) groups is 2. The molecule has 24 heavy (non-hydrogen) atoms. The van der Waals surface area contributed by atoms with E-state index in [2.05, 4.69) is 0 Å². The summed E-state index contributed by atoms with van der Waals surface area (Å²) in [6.45, 7) is 2.22. The predicted octanol–water partition coefficient (Wildman–Crippen LogP) is 3.13. The van der Waals surface area contributed by atoms with E-state index in [4.69, 9.17) is 14.2 Å². The predicted molar refractivity (Wildman–Crippen MR) is 86.6 cm³/mol. The van der Waals surface area contributed by atoms with E-state index in [1.54, 1.807) is 31.2 Å². The van der Waals surface area contributed by atoms with E-state index in [-0.39, 0.29) is 6.10 Å². The highest BCUT2D eigenvalue weighted by molar-refractivity contribution is 5.91. The summed E-state index contributed by atoms with van der Waals surface area (Å²) in [5.74, 6) is -0.372. The Morgan fingerprint density at radius 2 is 1.83 bits per heavy atom. The Kier molecular flexibility index (Phi) is 4.79. The van der Waals surface area contributed by atoms with E-state index in [1.807, 2.05) is 30.3 Å². The monoisotopic (exact) mass is 326 g/mol. The van der Waals surface area contributed by atoms with Gasteiger partial charge < -0.3 is 14.2 Å². The van der Waals surface area contributed by atoms with E-state index in [1.165, 1.54) is 0 Å². The summed E-state index contributed by atoms with van der Waals surface area (Å²) in [6.07, 6.45) is -0.645. The molecule has 2 aromatic rings. The number of carbonyl (C=O) groups excluding carboxylic acids is 2. The highest BCUT2D eigenvalue weighted by Crippen LogP contribution is 2.20. The molecule has 2 aromatic carbocycles. The molecule has 0 N–H and O–H groups in total. The SMILES string of the molecule is C[C@@H]1C[C@H](OC(=O)c2ccc(OCc3ccccc3)cc2)C(=O)O1. The van der Waals surface area contributed by atoms with Gasteiger partial charge in [-0.2, -0.15) is 0 Å². The van der Waals surface area contributed by atoms with Crippen LogP contribution in [-0.2, 0) is 20.9 Å². The van der Waals surface area contributed by atoms with Gasteiger partial charge in [0.1, 0.15) is 18.5 Å². The first kappa shape index (κ1) is 16.1. The maximum atomic E-state index is 12.1. The Morgan fingerprint density at radius 1 is 1.12 bits per heavy atom. The number of cyclic esters (lactones) is 1. The van der Waals surface area contributed by atoms with Crippen molar-refractivity contribution in [2.24, 2.45) is 0 Å². The third kappa shape index (κ3) is 3.93. The number of esters is 2. The van der Waals surface area contributed by atoms with Gasteiger partial charge in [-0.25, -0.2) is 9.59 Å². The summed E-state index contributed by atoms with van der Waals surface area (Å²) in [7, 11) is 0. The molecule has 1 fully saturated rings. The van der Waals surface area contributed by atoms with Crippen LogP contribution in [-0.4, -0.2) is 24.1 Å². The molecule has 0 aromatic heterocycles. The quantitative estimate of drug-likeness (QED) is 0.790. The molecule has 5 nitrogen and oxygen atoms in total. The molecule has 1 saturated heterocycles. The highest BCUT2D eigenvalue weighted by Gasteiger charge is 2.35. The number of rotatable bonds is 5. The number of hydrogen-bond acceptors (Lipinski definition) is 5. The molecule has 0 radical (unpaired) electrons. The lowest BCUT2D eigenvalue weighted by molar-refractivity contribution is -0.147. The van der Waals surface area contributed by atoms with E-state index in [0.717, 1.165) is 5.56 Å². The first-order chi connectivity index (χ1) is 11.6. The van der Waals surface area contributed by atoms with Crippen molar-refractivity contribution in [3.8, 4) is 5.75 Å². The third-order valence-electron chi connectivity index (χ3n) is 3.71. The number of ether oxygens (including phenoxy) is 3. The van der Waals surface area contributed by atoms with Gasteiger partial charge in [-0.3, -0.25) is 0 Å². The molecule has 0 unspecified atom stereocenters. The largest absolute Gasteiger partial charge is 0.489 e. The maximum absolute atomic E-state index is 12.1. The van der Waals surface area contributed by atoms with Crippen molar-refractivity contribution in [1.29, 1.82) is 0 Å². The van der Waals surface area contributed by atoms with Crippen molar-refractivity contribution < 1.29 is 23.8 Å². The summed E-state index contributed by atoms with van der Waals surface area (Å²) >= 11 is 0. The van der Waals surface area contributed by atoms with Crippen molar-refractivity contribution in [2.75, 3.05) is 0 Å². The zero-order valence-electron chi connectivity index (χ0n) is 13.3. The molecule has 2 atom stereocenters. The smallest absolute Gasteiger partial charge is 0.347 e. The highest BCUT2D eigenvalue weighted by atomic mass is 16.6. The van der Waals surface area contributed by atoms with Crippen molar-refractivity contribution in [2.45, 2.75) is 32.2 Å². The second-order valence-electron chi connectivity index (χ2n) is 5.68. The molecule has 0 bridgehead atoms. The minimum Gasteiger partial charge on any atom is -0.489 e. The lowest BCUT2D eigenvalue weighted by Gasteiger charge is -2.09. The average molecular weight is 326 g/mol. The van der Waals surface area contributed by atoms with E-state index >= 15 is 0 Å². The van der Waals surface area contributed by atoms with Crippen LogP contribution >= 0.6 is 0 Å². The summed E-state index contributed by atoms with van der Waals surface area (Å²) in [5, 5.41) is 0. The Labute approximate surface area is 140 Å². The summed E-state index contributed by atoms with van der Waals surface area (Å²) in [5.41, 5.74) is 1.43. The molecule has 0 spiro atoms. The molecule has 1 heterocycles. The molecular formula is C19H18O5. The van der Waals surface area contributed by atoms with Gasteiger partial charge in [-0.15, -0.1) is 0 Å². The fraction of sp³-hybridized carbons (Fsp3) is 0.263. The molecule has 1 aliphatic heterocycles. The van der Waals surface area contributed by atoms with Crippen LogP contribution in [0, 0.1) is 0 Å². The second kappa shape index (κ2) is 7.17. The summed E-state index contributed by atoms with van der Waals surface area (Å²) < 4.78 is 15.8. The van der Waals surface area contributed by atoms with E-state index < -0.39 is 18.0 Å². The van der Waals surface area contributed by atoms with Crippen LogP contribution in [0.5, 0.6) is 5.75 Å². The minimum atomic E-state index is -0.818. The molecular weight excluding hydrogens is 308 g/mol. The van der Waals surface area contributed by atoms with Gasteiger partial charge in [0.2, 0.25) is 6.10 Å². The maximum Gasteiger partial charge on any atom is 0.347 e. The number of benzene rings is 2. The average Bonchev–Trinajstić information content (AvgIpc) is 2.91. The molecule has 5 heteroatoms. The number of hydrogen-bond donors (Lipinski definition) is 0. The molecule has 0 saturated carbocycles. The van der Waals surface area contributed by atoms with E-state index in [9.17, 15) is 9.59 Å². The van der Waals surface area contributed by atoms with Crippen molar-refractivity contribution >= 4 is 11.9 Å². The fourth-order valence-electron chi connectivity index (χ4n) is 2.44. The Bertz CT molecular complexity index is 708. The Balaban J connectivity index is 1.56.